The Hall–Kier alpha value is -0.790. The molecule has 170 valence electrons. The van der Waals surface area contributed by atoms with E-state index >= 15 is 0 Å². The summed E-state index contributed by atoms with van der Waals surface area (Å²) in [7, 11) is 0. The molecule has 3 aromatic rings. The quantitative estimate of drug-likeness (QED) is 0.317. The zero-order chi connectivity index (χ0) is 22.4. The van der Waals surface area contributed by atoms with Gasteiger partial charge in [-0.2, -0.15) is 11.1 Å². The number of halogens is 2. The molecule has 4 rings (SSSR count). The summed E-state index contributed by atoms with van der Waals surface area (Å²) in [6.45, 7) is 17.6. The van der Waals surface area contributed by atoms with Gasteiger partial charge in [0.05, 0.1) is 0 Å². The van der Waals surface area contributed by atoms with Gasteiger partial charge in [-0.3, -0.25) is 6.08 Å². The van der Waals surface area contributed by atoms with Gasteiger partial charge < -0.3 is 24.8 Å². The number of allylic oxidation sites excluding steroid dienone is 4. The van der Waals surface area contributed by atoms with Crippen molar-refractivity contribution in [3.8, 4) is 11.1 Å². The summed E-state index contributed by atoms with van der Waals surface area (Å²) >= 11 is 1.74. The standard InChI is InChI=1S/C17H15.C9H13.C2H6Si.2ClH.Zr/c1-12-7-9-15(13(2)11-12)17-10-8-14-5-3-4-6-16(14)17;1-6-5-7(2)9(4)8(6)3;1-3-2;;;/h3-11H,1-2H3;6H,1-4H3;1-2H3;2*1H;/q2*-1;;;;+2/p-2. The average molecular weight is 561 g/mol. The second-order valence-electron chi connectivity index (χ2n) is 8.45. The average Bonchev–Trinajstić information content (AvgIpc) is 3.19. The number of hydrogen-bond donors (Lipinski definition) is 0. The van der Waals surface area contributed by atoms with Crippen LogP contribution in [0, 0.1) is 25.8 Å². The Balaban J connectivity index is 0.000000547. The van der Waals surface area contributed by atoms with E-state index in [9.17, 15) is 0 Å². The molecule has 1 aliphatic carbocycles. The van der Waals surface area contributed by atoms with Gasteiger partial charge >= 0.3 is 41.9 Å². The first kappa shape index (κ1) is 31.2. The predicted molar refractivity (Wildman–Crippen MR) is 132 cm³/mol. The predicted octanol–water partition coefficient (Wildman–Crippen LogP) is 2.36. The van der Waals surface area contributed by atoms with Crippen molar-refractivity contribution in [2.24, 2.45) is 5.92 Å². The normalized spacial score (nSPS) is 14.3. The van der Waals surface area contributed by atoms with Gasteiger partial charge in [0.2, 0.25) is 0 Å². The fourth-order valence-corrected chi connectivity index (χ4v) is 3.66. The molecule has 0 N–H and O–H groups in total. The molecule has 1 unspecified atom stereocenters. The van der Waals surface area contributed by atoms with Gasteiger partial charge in [-0.15, -0.1) is 53.6 Å². The number of rotatable bonds is 1. The summed E-state index contributed by atoms with van der Waals surface area (Å²) in [6.07, 6.45) is 3.36. The molecular formula is C28H34Cl2SiZr-2. The maximum Gasteiger partial charge on any atom is -0.0398 e. The second kappa shape index (κ2) is 14.5. The van der Waals surface area contributed by atoms with E-state index in [2.05, 4.69) is 115 Å². The molecule has 32 heavy (non-hydrogen) atoms. The fraction of sp³-hybridized carbons (Fsp3) is 0.321. The van der Waals surface area contributed by atoms with E-state index in [-0.39, 0.29) is 30.2 Å². The van der Waals surface area contributed by atoms with Gasteiger partial charge in [-0.25, -0.2) is 5.57 Å². The van der Waals surface area contributed by atoms with Crippen molar-refractivity contribution in [1.82, 2.24) is 0 Å². The van der Waals surface area contributed by atoms with Crippen LogP contribution in [0.4, 0.5) is 0 Å². The first-order chi connectivity index (χ1) is 14.1. The summed E-state index contributed by atoms with van der Waals surface area (Å²) in [6, 6.07) is 19.6. The van der Waals surface area contributed by atoms with Crippen molar-refractivity contribution in [1.29, 1.82) is 0 Å². The van der Waals surface area contributed by atoms with Gasteiger partial charge in [-0.1, -0.05) is 67.6 Å². The number of fused-ring (bicyclic) bond motifs is 1. The molecular weight excluding hydrogens is 527 g/mol. The molecule has 0 saturated heterocycles. The molecule has 0 heterocycles. The largest absolute Gasteiger partial charge is 1.00 e. The van der Waals surface area contributed by atoms with E-state index in [0.717, 1.165) is 0 Å². The Kier molecular flexibility index (Phi) is 14.1. The molecule has 1 atom stereocenters. The zero-order valence-corrected chi connectivity index (χ0v) is 25.5. The van der Waals surface area contributed by atoms with Crippen molar-refractivity contribution in [3.05, 3.63) is 88.5 Å². The number of aryl methyl sites for hydroxylation is 2. The minimum absolute atomic E-state index is 0. The maximum absolute atomic E-state index is 3.36. The Labute approximate surface area is 223 Å². The van der Waals surface area contributed by atoms with Crippen molar-refractivity contribution < 1.29 is 48.1 Å². The van der Waals surface area contributed by atoms with Crippen LogP contribution in [0.5, 0.6) is 0 Å². The van der Waals surface area contributed by atoms with Crippen LogP contribution < -0.4 is 24.8 Å². The third kappa shape index (κ3) is 8.53. The Morgan fingerprint density at radius 3 is 1.97 bits per heavy atom. The first-order valence-corrected chi connectivity index (χ1v) is 16.8. The summed E-state index contributed by atoms with van der Waals surface area (Å²) in [5.74, 6) is 0.560. The van der Waals surface area contributed by atoms with Crippen LogP contribution in [0.1, 0.15) is 38.8 Å². The number of hydrogen-bond acceptors (Lipinski definition) is 0. The summed E-state index contributed by atoms with van der Waals surface area (Å²) in [4.78, 5) is 0. The molecule has 1 aliphatic rings. The van der Waals surface area contributed by atoms with Gasteiger partial charge in [0, 0.05) is 0 Å². The minimum atomic E-state index is 0. The molecule has 0 nitrogen and oxygen atoms in total. The molecule has 0 radical (unpaired) electrons. The zero-order valence-electron chi connectivity index (χ0n) is 20.5. The summed E-state index contributed by atoms with van der Waals surface area (Å²) < 4.78 is 0. The molecule has 0 saturated carbocycles. The SMILES string of the molecule is CC1=[C-]C(C)C(C)=C1C.C[Si](C)=[Zr+2].Cc1ccc(-c2c[cH-]c3ccccc23)c(C)c1.[Cl-].[Cl-]. The monoisotopic (exact) mass is 558 g/mol. The molecule has 0 bridgehead atoms. The van der Waals surface area contributed by atoms with Crippen molar-refractivity contribution in [2.45, 2.75) is 54.6 Å². The van der Waals surface area contributed by atoms with E-state index in [1.165, 1.54) is 49.7 Å². The summed E-state index contributed by atoms with van der Waals surface area (Å²) in [5.41, 5.74) is 9.82. The third-order valence-electron chi connectivity index (χ3n) is 5.59. The molecule has 0 aromatic heterocycles. The molecule has 4 heteroatoms. The van der Waals surface area contributed by atoms with Crippen molar-refractivity contribution in [2.75, 3.05) is 0 Å². The topological polar surface area (TPSA) is 0 Å². The van der Waals surface area contributed by atoms with Crippen molar-refractivity contribution in [3.63, 3.8) is 0 Å². The first-order valence-electron chi connectivity index (χ1n) is 10.6. The molecule has 0 spiro atoms. The van der Waals surface area contributed by atoms with E-state index in [1.807, 2.05) is 0 Å². The van der Waals surface area contributed by atoms with Gasteiger partial charge in [0.15, 0.2) is 0 Å². The molecule has 0 amide bonds. The van der Waals surface area contributed by atoms with E-state index in [4.69, 9.17) is 0 Å². The van der Waals surface area contributed by atoms with Crippen LogP contribution in [0.15, 0.2) is 71.3 Å². The smallest absolute Gasteiger partial charge is 0.0398 e. The summed E-state index contributed by atoms with van der Waals surface area (Å²) in [5, 5.41) is 2.67. The van der Waals surface area contributed by atoms with E-state index in [1.54, 1.807) is 23.3 Å². The Bertz CT molecular complexity index is 1100. The molecule has 0 aliphatic heterocycles. The van der Waals surface area contributed by atoms with Crippen molar-refractivity contribution >= 4 is 16.2 Å². The molecule has 0 fully saturated rings. The van der Waals surface area contributed by atoms with Crippen LogP contribution in [-0.2, 0) is 23.3 Å². The Morgan fingerprint density at radius 2 is 1.50 bits per heavy atom. The van der Waals surface area contributed by atoms with Gasteiger partial charge in [0.1, 0.15) is 0 Å². The van der Waals surface area contributed by atoms with Crippen LogP contribution in [0.3, 0.4) is 0 Å². The second-order valence-corrected chi connectivity index (χ2v) is 17.8. The van der Waals surface area contributed by atoms with Gasteiger partial charge in [0.25, 0.3) is 0 Å². The van der Waals surface area contributed by atoms with E-state index < -0.39 is 0 Å². The van der Waals surface area contributed by atoms with Crippen LogP contribution in [-0.4, -0.2) is 5.43 Å². The van der Waals surface area contributed by atoms with Gasteiger partial charge in [-0.05, 0) is 13.8 Å². The van der Waals surface area contributed by atoms with Crippen LogP contribution in [0.25, 0.3) is 21.9 Å². The molecule has 3 aromatic carbocycles. The number of benzene rings is 2. The maximum atomic E-state index is 3.36. The minimum Gasteiger partial charge on any atom is -1.00 e. The Morgan fingerprint density at radius 1 is 0.906 bits per heavy atom. The third-order valence-corrected chi connectivity index (χ3v) is 5.59. The van der Waals surface area contributed by atoms with Crippen LogP contribution in [0.2, 0.25) is 13.1 Å². The van der Waals surface area contributed by atoms with E-state index in [0.29, 0.717) is 5.92 Å². The van der Waals surface area contributed by atoms with Crippen LogP contribution >= 0.6 is 0 Å². The fourth-order valence-electron chi connectivity index (χ4n) is 3.66.